The molecule has 1 aromatic heterocycles. The molecule has 0 fully saturated rings. The third-order valence-corrected chi connectivity index (χ3v) is 4.70. The fourth-order valence-electron chi connectivity index (χ4n) is 2.97. The molecule has 0 spiro atoms. The van der Waals surface area contributed by atoms with Gasteiger partial charge in [0.05, 0.1) is 17.5 Å². The lowest BCUT2D eigenvalue weighted by Crippen LogP contribution is -2.48. The number of aromatic nitrogens is 2. The number of fused-ring (bicyclic) bond motifs is 1. The summed E-state index contributed by atoms with van der Waals surface area (Å²) in [6, 6.07) is 12.6. The molecule has 0 aliphatic rings. The van der Waals surface area contributed by atoms with Crippen LogP contribution in [0.5, 0.6) is 0 Å². The predicted octanol–water partition coefficient (Wildman–Crippen LogP) is 3.41. The minimum atomic E-state index is -0.723. The summed E-state index contributed by atoms with van der Waals surface area (Å²) in [4.78, 5) is 32.6. The zero-order valence-electron chi connectivity index (χ0n) is 15.8. The van der Waals surface area contributed by atoms with E-state index in [-0.39, 0.29) is 24.2 Å². The molecule has 0 saturated carbocycles. The van der Waals surface area contributed by atoms with Crippen molar-refractivity contribution in [3.05, 3.63) is 59.9 Å². The van der Waals surface area contributed by atoms with E-state index in [9.17, 15) is 14.0 Å². The molecule has 7 heteroatoms. The number of hydrogen-bond donors (Lipinski definition) is 3. The van der Waals surface area contributed by atoms with E-state index in [1.54, 1.807) is 12.1 Å². The molecule has 0 aliphatic heterocycles. The number of halogens is 1. The third-order valence-electron chi connectivity index (χ3n) is 4.70. The third kappa shape index (κ3) is 4.73. The van der Waals surface area contributed by atoms with E-state index in [2.05, 4.69) is 20.6 Å². The van der Waals surface area contributed by atoms with E-state index >= 15 is 0 Å². The average molecular weight is 382 g/mol. The Balaban J connectivity index is 1.69. The SMILES string of the molecule is CC[C@H](C)[C@@H](NC(=O)Cc1cccc(F)c1)C(=O)Nc1nc2ccccc2[nH]1. The second-order valence-electron chi connectivity index (χ2n) is 6.83. The Morgan fingerprint density at radius 2 is 1.96 bits per heavy atom. The van der Waals surface area contributed by atoms with Crippen LogP contribution in [-0.4, -0.2) is 27.8 Å². The summed E-state index contributed by atoms with van der Waals surface area (Å²) in [6.07, 6.45) is 0.709. The van der Waals surface area contributed by atoms with Crippen molar-refractivity contribution in [3.8, 4) is 0 Å². The van der Waals surface area contributed by atoms with Gasteiger partial charge in [-0.2, -0.15) is 0 Å². The van der Waals surface area contributed by atoms with Gasteiger partial charge in [-0.3, -0.25) is 14.9 Å². The number of rotatable bonds is 7. The number of benzene rings is 2. The number of anilines is 1. The molecule has 2 amide bonds. The van der Waals surface area contributed by atoms with E-state index < -0.39 is 11.9 Å². The quantitative estimate of drug-likeness (QED) is 0.585. The molecule has 28 heavy (non-hydrogen) atoms. The Morgan fingerprint density at radius 1 is 1.18 bits per heavy atom. The number of imidazole rings is 1. The first-order valence-electron chi connectivity index (χ1n) is 9.25. The molecule has 3 aromatic rings. The maximum Gasteiger partial charge on any atom is 0.249 e. The first kappa shape index (κ1) is 19.5. The summed E-state index contributed by atoms with van der Waals surface area (Å²) in [5, 5.41) is 5.52. The number of nitrogens with zero attached hydrogens (tertiary/aromatic N) is 1. The Bertz CT molecular complexity index is 952. The van der Waals surface area contributed by atoms with Crippen LogP contribution in [0.4, 0.5) is 10.3 Å². The number of carbonyl (C=O) groups excluding carboxylic acids is 2. The van der Waals surface area contributed by atoms with Gasteiger partial charge in [0.15, 0.2) is 0 Å². The van der Waals surface area contributed by atoms with E-state index in [0.717, 1.165) is 11.0 Å². The normalized spacial score (nSPS) is 13.1. The van der Waals surface area contributed by atoms with Gasteiger partial charge in [-0.15, -0.1) is 0 Å². The first-order chi connectivity index (χ1) is 13.5. The summed E-state index contributed by atoms with van der Waals surface area (Å²) in [5.41, 5.74) is 2.11. The molecule has 0 saturated heterocycles. The van der Waals surface area contributed by atoms with Crippen molar-refractivity contribution in [2.45, 2.75) is 32.7 Å². The van der Waals surface area contributed by atoms with Crippen LogP contribution in [0, 0.1) is 11.7 Å². The number of H-pyrrole nitrogens is 1. The maximum atomic E-state index is 13.3. The number of carbonyl (C=O) groups is 2. The van der Waals surface area contributed by atoms with E-state index in [4.69, 9.17) is 0 Å². The molecule has 0 aliphatic carbocycles. The molecule has 3 rings (SSSR count). The van der Waals surface area contributed by atoms with Crippen molar-refractivity contribution in [2.24, 2.45) is 5.92 Å². The molecule has 146 valence electrons. The topological polar surface area (TPSA) is 86.9 Å². The van der Waals surface area contributed by atoms with Gasteiger partial charge < -0.3 is 10.3 Å². The Kier molecular flexibility index (Phi) is 6.03. The number of hydrogen-bond acceptors (Lipinski definition) is 3. The predicted molar refractivity (Wildman–Crippen MR) is 106 cm³/mol. The fraction of sp³-hybridized carbons (Fsp3) is 0.286. The largest absolute Gasteiger partial charge is 0.344 e. The Hall–Kier alpha value is -3.22. The monoisotopic (exact) mass is 382 g/mol. The van der Waals surface area contributed by atoms with Crippen LogP contribution in [0.15, 0.2) is 48.5 Å². The van der Waals surface area contributed by atoms with Crippen LogP contribution in [0.1, 0.15) is 25.8 Å². The highest BCUT2D eigenvalue weighted by molar-refractivity contribution is 5.97. The van der Waals surface area contributed by atoms with Gasteiger partial charge in [-0.1, -0.05) is 44.5 Å². The van der Waals surface area contributed by atoms with Crippen molar-refractivity contribution < 1.29 is 14.0 Å². The van der Waals surface area contributed by atoms with Crippen molar-refractivity contribution in [1.29, 1.82) is 0 Å². The van der Waals surface area contributed by atoms with Gasteiger partial charge in [0.1, 0.15) is 11.9 Å². The lowest BCUT2D eigenvalue weighted by atomic mass is 9.98. The number of para-hydroxylation sites is 2. The number of aromatic amines is 1. The molecule has 2 atom stereocenters. The molecular formula is C21H23FN4O2. The van der Waals surface area contributed by atoms with Crippen LogP contribution >= 0.6 is 0 Å². The molecular weight excluding hydrogens is 359 g/mol. The van der Waals surface area contributed by atoms with E-state index in [0.29, 0.717) is 17.9 Å². The summed E-state index contributed by atoms with van der Waals surface area (Å²) in [5.74, 6) is -0.831. The lowest BCUT2D eigenvalue weighted by molar-refractivity contribution is -0.127. The maximum absolute atomic E-state index is 13.3. The molecule has 3 N–H and O–H groups in total. The van der Waals surface area contributed by atoms with Gasteiger partial charge in [0.25, 0.3) is 0 Å². The molecule has 0 unspecified atom stereocenters. The van der Waals surface area contributed by atoms with E-state index in [1.807, 2.05) is 38.1 Å². The molecule has 2 aromatic carbocycles. The summed E-state index contributed by atoms with van der Waals surface area (Å²) < 4.78 is 13.3. The van der Waals surface area contributed by atoms with Crippen molar-refractivity contribution in [1.82, 2.24) is 15.3 Å². The minimum absolute atomic E-state index is 0.00259. The molecule has 0 radical (unpaired) electrons. The summed E-state index contributed by atoms with van der Waals surface area (Å²) in [6.45, 7) is 3.84. The molecule has 0 bridgehead atoms. The standard InChI is InChI=1S/C21H23FN4O2/c1-3-13(2)19(25-18(27)12-14-7-6-8-15(22)11-14)20(28)26-21-23-16-9-4-5-10-17(16)24-21/h4-11,13,19H,3,12H2,1-2H3,(H,25,27)(H2,23,24,26,28)/t13-,19+/m0/s1. The highest BCUT2D eigenvalue weighted by Gasteiger charge is 2.26. The second-order valence-corrected chi connectivity index (χ2v) is 6.83. The zero-order chi connectivity index (χ0) is 20.1. The van der Waals surface area contributed by atoms with Crippen LogP contribution in [0.25, 0.3) is 11.0 Å². The Morgan fingerprint density at radius 3 is 2.68 bits per heavy atom. The van der Waals surface area contributed by atoms with Gasteiger partial charge >= 0.3 is 0 Å². The fourth-order valence-corrected chi connectivity index (χ4v) is 2.97. The Labute approximate surface area is 162 Å². The van der Waals surface area contributed by atoms with Crippen LogP contribution in [0.3, 0.4) is 0 Å². The van der Waals surface area contributed by atoms with Crippen molar-refractivity contribution in [2.75, 3.05) is 5.32 Å². The van der Waals surface area contributed by atoms with Gasteiger partial charge in [-0.25, -0.2) is 9.37 Å². The van der Waals surface area contributed by atoms with Crippen molar-refractivity contribution >= 4 is 28.8 Å². The zero-order valence-corrected chi connectivity index (χ0v) is 15.8. The highest BCUT2D eigenvalue weighted by Crippen LogP contribution is 2.15. The van der Waals surface area contributed by atoms with Gasteiger partial charge in [-0.05, 0) is 35.7 Å². The summed E-state index contributed by atoms with van der Waals surface area (Å²) >= 11 is 0. The average Bonchev–Trinajstić information content (AvgIpc) is 3.07. The van der Waals surface area contributed by atoms with Gasteiger partial charge in [0, 0.05) is 0 Å². The second kappa shape index (κ2) is 8.65. The van der Waals surface area contributed by atoms with Crippen LogP contribution in [0.2, 0.25) is 0 Å². The number of amides is 2. The van der Waals surface area contributed by atoms with Gasteiger partial charge in [0.2, 0.25) is 17.8 Å². The van der Waals surface area contributed by atoms with Crippen LogP contribution in [-0.2, 0) is 16.0 Å². The number of nitrogens with one attached hydrogen (secondary N) is 3. The minimum Gasteiger partial charge on any atom is -0.344 e. The summed E-state index contributed by atoms with van der Waals surface area (Å²) in [7, 11) is 0. The highest BCUT2D eigenvalue weighted by atomic mass is 19.1. The molecule has 6 nitrogen and oxygen atoms in total. The molecule has 1 heterocycles. The lowest BCUT2D eigenvalue weighted by Gasteiger charge is -2.23. The smallest absolute Gasteiger partial charge is 0.249 e. The van der Waals surface area contributed by atoms with Crippen molar-refractivity contribution in [3.63, 3.8) is 0 Å². The van der Waals surface area contributed by atoms with E-state index in [1.165, 1.54) is 12.1 Å². The van der Waals surface area contributed by atoms with Crippen LogP contribution < -0.4 is 10.6 Å². The first-order valence-corrected chi connectivity index (χ1v) is 9.25.